The van der Waals surface area contributed by atoms with Gasteiger partial charge >= 0.3 is 0 Å². The molecule has 0 bridgehead atoms. The maximum Gasteiger partial charge on any atom is 0.282 e. The second-order valence-electron chi connectivity index (χ2n) is 1.82. The predicted molar refractivity (Wildman–Crippen MR) is 51.5 cm³/mol. The monoisotopic (exact) mass is 196 g/mol. The van der Waals surface area contributed by atoms with E-state index in [1.807, 2.05) is 0 Å². The SMILES string of the molecule is [B]OCCCCCSSCl. The lowest BCUT2D eigenvalue weighted by molar-refractivity contribution is 0.335. The van der Waals surface area contributed by atoms with Crippen molar-refractivity contribution in [3.63, 3.8) is 0 Å². The van der Waals surface area contributed by atoms with Crippen LogP contribution in [0.3, 0.4) is 0 Å². The minimum atomic E-state index is 0.665. The van der Waals surface area contributed by atoms with Crippen molar-refractivity contribution in [3.05, 3.63) is 0 Å². The van der Waals surface area contributed by atoms with Gasteiger partial charge in [0.05, 0.1) is 0 Å². The van der Waals surface area contributed by atoms with Gasteiger partial charge in [0.15, 0.2) is 0 Å². The molecule has 0 rings (SSSR count). The lowest BCUT2D eigenvalue weighted by Gasteiger charge is -1.97. The average molecular weight is 197 g/mol. The van der Waals surface area contributed by atoms with E-state index in [1.54, 1.807) is 10.8 Å². The van der Waals surface area contributed by atoms with Crippen LogP contribution in [-0.2, 0) is 4.65 Å². The van der Waals surface area contributed by atoms with Crippen LogP contribution in [0, 0.1) is 0 Å². The summed E-state index contributed by atoms with van der Waals surface area (Å²) >= 11 is 0. The normalized spacial score (nSPS) is 10.1. The molecule has 1 nitrogen and oxygen atoms in total. The van der Waals surface area contributed by atoms with E-state index < -0.39 is 0 Å². The molecule has 0 aromatic heterocycles. The van der Waals surface area contributed by atoms with E-state index in [4.69, 9.17) is 18.7 Å². The molecule has 0 fully saturated rings. The van der Waals surface area contributed by atoms with Crippen molar-refractivity contribution in [2.45, 2.75) is 19.3 Å². The Balaban J connectivity index is 2.65. The summed E-state index contributed by atoms with van der Waals surface area (Å²) in [5.74, 6) is 1.11. The number of unbranched alkanes of at least 4 members (excludes halogenated alkanes) is 2. The molecule has 0 spiro atoms. The van der Waals surface area contributed by atoms with Crippen LogP contribution in [0.25, 0.3) is 0 Å². The first-order valence-electron chi connectivity index (χ1n) is 3.13. The van der Waals surface area contributed by atoms with Crippen LogP contribution in [-0.4, -0.2) is 20.4 Å². The Hall–Kier alpha value is 1.01. The van der Waals surface area contributed by atoms with Crippen LogP contribution >= 0.6 is 31.5 Å². The smallest absolute Gasteiger partial charge is 0.282 e. The van der Waals surface area contributed by atoms with Crippen LogP contribution in [0.4, 0.5) is 0 Å². The molecule has 5 heteroatoms. The molecule has 0 aromatic carbocycles. The summed E-state index contributed by atoms with van der Waals surface area (Å²) in [6.07, 6.45) is 3.40. The van der Waals surface area contributed by atoms with E-state index in [2.05, 4.69) is 4.65 Å². The molecule has 0 aliphatic rings. The highest BCUT2D eigenvalue weighted by molar-refractivity contribution is 8.85. The van der Waals surface area contributed by atoms with E-state index >= 15 is 0 Å². The minimum Gasteiger partial charge on any atom is -0.448 e. The fraction of sp³-hybridized carbons (Fsp3) is 1.00. The third-order valence-electron chi connectivity index (χ3n) is 1.03. The third kappa shape index (κ3) is 9.01. The maximum absolute atomic E-state index is 5.38. The van der Waals surface area contributed by atoms with Gasteiger partial charge in [0.1, 0.15) is 0 Å². The van der Waals surface area contributed by atoms with Crippen molar-refractivity contribution in [1.82, 2.24) is 0 Å². The van der Waals surface area contributed by atoms with Gasteiger partial charge in [0.25, 0.3) is 8.05 Å². The summed E-state index contributed by atoms with van der Waals surface area (Å²) in [5.41, 5.74) is 0. The fourth-order valence-electron chi connectivity index (χ4n) is 0.555. The highest BCUT2D eigenvalue weighted by Crippen LogP contribution is 2.26. The summed E-state index contributed by atoms with van der Waals surface area (Å²) in [4.78, 5) is 0. The second-order valence-corrected chi connectivity index (χ2v) is 4.81. The molecule has 10 heavy (non-hydrogen) atoms. The third-order valence-corrected chi connectivity index (χ3v) is 3.15. The minimum absolute atomic E-state index is 0.665. The zero-order valence-corrected chi connectivity index (χ0v) is 8.10. The molecule has 0 saturated carbocycles. The highest BCUT2D eigenvalue weighted by Gasteiger charge is 1.88. The standard InChI is InChI=1S/C5H10BClOS2/c6-8-4-2-1-3-5-9-10-7/h1-5H2. The summed E-state index contributed by atoms with van der Waals surface area (Å²) in [6.45, 7) is 0.665. The van der Waals surface area contributed by atoms with E-state index in [-0.39, 0.29) is 0 Å². The van der Waals surface area contributed by atoms with Gasteiger partial charge in [-0.25, -0.2) is 0 Å². The van der Waals surface area contributed by atoms with Crippen LogP contribution in [0.1, 0.15) is 19.3 Å². The van der Waals surface area contributed by atoms with Gasteiger partial charge in [-0.15, -0.1) is 0 Å². The van der Waals surface area contributed by atoms with Crippen LogP contribution < -0.4 is 0 Å². The fourth-order valence-corrected chi connectivity index (χ4v) is 2.05. The lowest BCUT2D eigenvalue weighted by atomic mass is 10.3. The summed E-state index contributed by atoms with van der Waals surface area (Å²) in [6, 6.07) is 0. The van der Waals surface area contributed by atoms with Crippen molar-refractivity contribution in [3.8, 4) is 0 Å². The van der Waals surface area contributed by atoms with E-state index in [9.17, 15) is 0 Å². The molecule has 0 amide bonds. The Labute approximate surface area is 76.0 Å². The van der Waals surface area contributed by atoms with Crippen molar-refractivity contribution in [1.29, 1.82) is 0 Å². The predicted octanol–water partition coefficient (Wildman–Crippen LogP) is 2.79. The van der Waals surface area contributed by atoms with Gasteiger partial charge in [-0.2, -0.15) is 0 Å². The van der Waals surface area contributed by atoms with Gasteiger partial charge in [-0.1, -0.05) is 17.2 Å². The molecular weight excluding hydrogens is 186 g/mol. The number of hydrogen-bond acceptors (Lipinski definition) is 3. The second kappa shape index (κ2) is 10.0. The topological polar surface area (TPSA) is 9.23 Å². The van der Waals surface area contributed by atoms with Crippen molar-refractivity contribution in [2.24, 2.45) is 0 Å². The summed E-state index contributed by atoms with van der Waals surface area (Å²) in [7, 11) is 13.2. The molecule has 58 valence electrons. The van der Waals surface area contributed by atoms with Crippen LogP contribution in [0.2, 0.25) is 0 Å². The first kappa shape index (κ1) is 11.0. The Morgan fingerprint density at radius 3 is 2.70 bits per heavy atom. The first-order chi connectivity index (χ1) is 4.91. The molecule has 2 radical (unpaired) electrons. The molecule has 0 saturated heterocycles. The van der Waals surface area contributed by atoms with Crippen LogP contribution in [0.5, 0.6) is 0 Å². The molecule has 0 N–H and O–H groups in total. The van der Waals surface area contributed by atoms with Gasteiger partial charge in [0.2, 0.25) is 0 Å². The maximum atomic E-state index is 5.38. The van der Waals surface area contributed by atoms with Crippen LogP contribution in [0.15, 0.2) is 0 Å². The zero-order chi connectivity index (χ0) is 7.66. The van der Waals surface area contributed by atoms with Gasteiger partial charge in [-0.05, 0) is 23.5 Å². The Morgan fingerprint density at radius 1 is 1.30 bits per heavy atom. The Bertz CT molecular complexity index is 59.6. The average Bonchev–Trinajstić information content (AvgIpc) is 1.97. The highest BCUT2D eigenvalue weighted by atomic mass is 35.7. The number of halogens is 1. The van der Waals surface area contributed by atoms with Gasteiger partial charge < -0.3 is 4.65 Å². The zero-order valence-electron chi connectivity index (χ0n) is 5.72. The van der Waals surface area contributed by atoms with Crippen molar-refractivity contribution < 1.29 is 4.65 Å². The lowest BCUT2D eigenvalue weighted by Crippen LogP contribution is -1.89. The number of hydrogen-bond donors (Lipinski definition) is 0. The summed E-state index contributed by atoms with van der Waals surface area (Å²) < 4.78 is 4.41. The van der Waals surface area contributed by atoms with Gasteiger partial charge in [0, 0.05) is 22.4 Å². The molecule has 0 atom stereocenters. The van der Waals surface area contributed by atoms with Crippen molar-refractivity contribution >= 4 is 39.5 Å². The molecule has 0 unspecified atom stereocenters. The number of rotatable bonds is 7. The molecule has 0 aliphatic heterocycles. The van der Waals surface area contributed by atoms with E-state index in [0.29, 0.717) is 6.61 Å². The van der Waals surface area contributed by atoms with Crippen molar-refractivity contribution in [2.75, 3.05) is 12.4 Å². The molecule has 0 aromatic rings. The summed E-state index contributed by atoms with van der Waals surface area (Å²) in [5, 5.41) is 0. The molecule has 0 heterocycles. The Kier molecular flexibility index (Phi) is 11.0. The molecule has 0 aliphatic carbocycles. The first-order valence-corrected chi connectivity index (χ1v) is 6.28. The van der Waals surface area contributed by atoms with E-state index in [1.165, 1.54) is 22.8 Å². The quantitative estimate of drug-likeness (QED) is 0.352. The largest absolute Gasteiger partial charge is 0.448 e. The van der Waals surface area contributed by atoms with Gasteiger partial charge in [-0.3, -0.25) is 0 Å². The molecular formula is C5H10BClOS2. The Morgan fingerprint density at radius 2 is 2.10 bits per heavy atom. The van der Waals surface area contributed by atoms with E-state index in [0.717, 1.165) is 12.2 Å².